The molecule has 0 radical (unpaired) electrons. The topological polar surface area (TPSA) is 4.93 Å². The monoisotopic (exact) mass is 281 g/mol. The molecule has 0 aromatic carbocycles. The van der Waals surface area contributed by atoms with Crippen molar-refractivity contribution in [1.82, 2.24) is 4.57 Å². The van der Waals surface area contributed by atoms with Crippen LogP contribution in [0.4, 0.5) is 0 Å². The van der Waals surface area contributed by atoms with E-state index in [9.17, 15) is 0 Å². The molecule has 0 unspecified atom stereocenters. The predicted octanol–water partition coefficient (Wildman–Crippen LogP) is 5.45. The summed E-state index contributed by atoms with van der Waals surface area (Å²) in [6, 6.07) is 0. The molecule has 1 nitrogen and oxygen atoms in total. The van der Waals surface area contributed by atoms with Crippen molar-refractivity contribution in [3.63, 3.8) is 0 Å². The molecular weight excluding hydrogens is 265 g/mol. The van der Waals surface area contributed by atoms with Crippen LogP contribution < -0.4 is 0 Å². The third kappa shape index (κ3) is 2.30. The van der Waals surface area contributed by atoms with Crippen LogP contribution in [0.2, 0.25) is 10.0 Å². The van der Waals surface area contributed by atoms with Crippen LogP contribution >= 0.6 is 23.2 Å². The molecule has 1 aliphatic rings. The van der Waals surface area contributed by atoms with Gasteiger partial charge in [0.15, 0.2) is 0 Å². The van der Waals surface area contributed by atoms with Crippen LogP contribution in [0, 0.1) is 0 Å². The number of rotatable bonds is 3. The van der Waals surface area contributed by atoms with E-state index in [1.807, 2.05) is 19.2 Å². The minimum Gasteiger partial charge on any atom is -0.336 e. The van der Waals surface area contributed by atoms with Crippen molar-refractivity contribution in [2.75, 3.05) is 0 Å². The van der Waals surface area contributed by atoms with Crippen molar-refractivity contribution < 1.29 is 0 Å². The highest BCUT2D eigenvalue weighted by Crippen LogP contribution is 2.39. The molecule has 3 heteroatoms. The van der Waals surface area contributed by atoms with Gasteiger partial charge in [0.2, 0.25) is 0 Å². The Bertz CT molecular complexity index is 545. The Morgan fingerprint density at radius 2 is 2.06 bits per heavy atom. The van der Waals surface area contributed by atoms with Crippen LogP contribution in [0.15, 0.2) is 36.6 Å². The molecule has 0 N–H and O–H groups in total. The fourth-order valence-electron chi connectivity index (χ4n) is 2.31. The van der Waals surface area contributed by atoms with Crippen molar-refractivity contribution in [1.29, 1.82) is 0 Å². The van der Waals surface area contributed by atoms with Gasteiger partial charge >= 0.3 is 0 Å². The zero-order valence-corrected chi connectivity index (χ0v) is 12.4. The van der Waals surface area contributed by atoms with E-state index in [1.165, 1.54) is 5.57 Å². The van der Waals surface area contributed by atoms with Crippen LogP contribution in [-0.4, -0.2) is 4.57 Å². The third-order valence-corrected chi connectivity index (χ3v) is 3.94. The van der Waals surface area contributed by atoms with E-state index in [4.69, 9.17) is 23.2 Å². The van der Waals surface area contributed by atoms with Gasteiger partial charge in [0.25, 0.3) is 0 Å². The number of hydrogen-bond acceptors (Lipinski definition) is 0. The van der Waals surface area contributed by atoms with E-state index < -0.39 is 0 Å². The van der Waals surface area contributed by atoms with Crippen molar-refractivity contribution >= 4 is 28.8 Å². The number of halogens is 2. The Morgan fingerprint density at radius 3 is 2.61 bits per heavy atom. The summed E-state index contributed by atoms with van der Waals surface area (Å²) in [5, 5.41) is 1.25. The number of nitrogens with zero attached hydrogens (tertiary/aromatic N) is 1. The summed E-state index contributed by atoms with van der Waals surface area (Å²) in [5.74, 6) is 0. The van der Waals surface area contributed by atoms with Gasteiger partial charge in [0.05, 0.1) is 21.3 Å². The van der Waals surface area contributed by atoms with E-state index in [-0.39, 0.29) is 5.54 Å². The Morgan fingerprint density at radius 1 is 1.33 bits per heavy atom. The van der Waals surface area contributed by atoms with Gasteiger partial charge in [0, 0.05) is 6.20 Å². The number of allylic oxidation sites excluding steroid dienone is 6. The summed E-state index contributed by atoms with van der Waals surface area (Å²) in [7, 11) is 0. The fourth-order valence-corrected chi connectivity index (χ4v) is 2.76. The van der Waals surface area contributed by atoms with E-state index in [0.717, 1.165) is 12.1 Å². The summed E-state index contributed by atoms with van der Waals surface area (Å²) >= 11 is 12.5. The van der Waals surface area contributed by atoms with Gasteiger partial charge in [0.1, 0.15) is 0 Å². The first kappa shape index (κ1) is 13.5. The van der Waals surface area contributed by atoms with Gasteiger partial charge in [-0.3, -0.25) is 0 Å². The maximum Gasteiger partial charge on any atom is 0.0847 e. The van der Waals surface area contributed by atoms with Crippen LogP contribution in [0.5, 0.6) is 0 Å². The highest BCUT2D eigenvalue weighted by atomic mass is 35.5. The molecular formula is C15H17Cl2N. The Balaban J connectivity index is 2.58. The van der Waals surface area contributed by atoms with Crippen molar-refractivity contribution in [3.05, 3.63) is 52.3 Å². The minimum atomic E-state index is -0.149. The average Bonchev–Trinajstić information content (AvgIpc) is 2.89. The van der Waals surface area contributed by atoms with Gasteiger partial charge in [-0.2, -0.15) is 0 Å². The maximum absolute atomic E-state index is 6.35. The average molecular weight is 282 g/mol. The highest BCUT2D eigenvalue weighted by molar-refractivity contribution is 6.43. The van der Waals surface area contributed by atoms with E-state index in [2.05, 4.69) is 42.7 Å². The number of hydrogen-bond donors (Lipinski definition) is 0. The lowest BCUT2D eigenvalue weighted by atomic mass is 10.0. The van der Waals surface area contributed by atoms with Crippen molar-refractivity contribution in [2.45, 2.75) is 32.7 Å². The molecule has 1 aromatic rings. The zero-order valence-electron chi connectivity index (χ0n) is 10.9. The highest BCUT2D eigenvalue weighted by Gasteiger charge is 2.25. The first-order valence-corrected chi connectivity index (χ1v) is 6.79. The van der Waals surface area contributed by atoms with E-state index in [0.29, 0.717) is 10.0 Å². The molecule has 0 atom stereocenters. The molecule has 0 aliphatic heterocycles. The summed E-state index contributed by atoms with van der Waals surface area (Å²) in [6.45, 7) is 6.31. The molecule has 1 aliphatic carbocycles. The van der Waals surface area contributed by atoms with Crippen molar-refractivity contribution in [2.24, 2.45) is 0 Å². The smallest absolute Gasteiger partial charge is 0.0847 e. The molecule has 1 aromatic heterocycles. The molecule has 0 fully saturated rings. The molecule has 2 rings (SSSR count). The summed E-state index contributed by atoms with van der Waals surface area (Å²) in [5.41, 5.74) is 2.09. The lowest BCUT2D eigenvalue weighted by molar-refractivity contribution is 0.452. The lowest BCUT2D eigenvalue weighted by Gasteiger charge is -2.26. The zero-order chi connectivity index (χ0) is 13.3. The Labute approximate surface area is 118 Å². The largest absolute Gasteiger partial charge is 0.336 e. The number of aromatic nitrogens is 1. The summed E-state index contributed by atoms with van der Waals surface area (Å²) in [4.78, 5) is 0. The van der Waals surface area contributed by atoms with E-state index in [1.54, 1.807) is 0 Å². The molecule has 0 saturated heterocycles. The molecule has 18 heavy (non-hydrogen) atoms. The molecule has 0 amide bonds. The second kappa shape index (κ2) is 4.99. The Kier molecular flexibility index (Phi) is 3.74. The summed E-state index contributed by atoms with van der Waals surface area (Å²) in [6.07, 6.45) is 13.3. The van der Waals surface area contributed by atoms with Gasteiger partial charge in [-0.05, 0) is 32.8 Å². The molecule has 0 spiro atoms. The van der Waals surface area contributed by atoms with Crippen LogP contribution in [0.1, 0.15) is 32.9 Å². The molecule has 0 saturated carbocycles. The maximum atomic E-state index is 6.35. The predicted molar refractivity (Wildman–Crippen MR) is 80.3 cm³/mol. The van der Waals surface area contributed by atoms with Gasteiger partial charge in [-0.15, -0.1) is 0 Å². The van der Waals surface area contributed by atoms with Gasteiger partial charge < -0.3 is 4.57 Å². The third-order valence-electron chi connectivity index (χ3n) is 3.17. The molecule has 1 heterocycles. The standard InChI is InChI=1S/C15H17Cl2N/c1-4-9-15(2,3)18-10-12(16)13(17)14(18)11-7-5-6-8-11/h4-7,9-10H,8H2,1-3H3/b9-4+. The van der Waals surface area contributed by atoms with Crippen LogP contribution in [0.3, 0.4) is 0 Å². The minimum absolute atomic E-state index is 0.149. The van der Waals surface area contributed by atoms with E-state index >= 15 is 0 Å². The summed E-state index contributed by atoms with van der Waals surface area (Å²) < 4.78 is 2.15. The SMILES string of the molecule is C/C=C/C(C)(C)n1cc(Cl)c(Cl)c1C1=CC=CC1. The Hall–Kier alpha value is -0.920. The van der Waals surface area contributed by atoms with Gasteiger partial charge in [-0.1, -0.05) is 53.6 Å². The second-order valence-corrected chi connectivity index (χ2v) is 5.77. The molecule has 96 valence electrons. The molecule has 0 bridgehead atoms. The first-order chi connectivity index (χ1) is 8.47. The second-order valence-electron chi connectivity index (χ2n) is 4.99. The quantitative estimate of drug-likeness (QED) is 0.650. The van der Waals surface area contributed by atoms with Crippen molar-refractivity contribution in [3.8, 4) is 0 Å². The normalized spacial score (nSPS) is 15.7. The van der Waals surface area contributed by atoms with Crippen LogP contribution in [0.25, 0.3) is 5.57 Å². The van der Waals surface area contributed by atoms with Crippen LogP contribution in [-0.2, 0) is 5.54 Å². The lowest BCUT2D eigenvalue weighted by Crippen LogP contribution is -2.24. The first-order valence-electron chi connectivity index (χ1n) is 6.04. The fraction of sp³-hybridized carbons (Fsp3) is 0.333. The van der Waals surface area contributed by atoms with Gasteiger partial charge in [-0.25, -0.2) is 0 Å².